The standard InChI is InChI=1S/2C20H18N6O/c21-20-18(7-4-10-22-20)19-13-26(25-24-19)12-16-9-8-15(11-23-16)14-27-17-5-2-1-3-6-17;21-20-18(7-4-10-22-20)19-13-26(25-24-19)12-16-8-9-17(11-23-16)27-14-15-5-2-1-3-6-15/h2*1-11,13H,12,14H2,(H2,21,22). The molecule has 54 heavy (non-hydrogen) atoms. The Morgan fingerprint density at radius 2 is 1.02 bits per heavy atom. The van der Waals surface area contributed by atoms with Crippen molar-refractivity contribution in [2.45, 2.75) is 26.3 Å². The van der Waals surface area contributed by atoms with E-state index in [0.29, 0.717) is 49.3 Å². The van der Waals surface area contributed by atoms with Crippen LogP contribution in [0.25, 0.3) is 22.5 Å². The van der Waals surface area contributed by atoms with Gasteiger partial charge in [-0.1, -0.05) is 65.0 Å². The average molecular weight is 717 g/mol. The number of rotatable bonds is 12. The molecule has 0 fully saturated rings. The summed E-state index contributed by atoms with van der Waals surface area (Å²) in [6, 6.07) is 34.9. The predicted octanol–water partition coefficient (Wildman–Crippen LogP) is 5.89. The summed E-state index contributed by atoms with van der Waals surface area (Å²) < 4.78 is 14.9. The van der Waals surface area contributed by atoms with Crippen LogP contribution in [0.15, 0.2) is 146 Å². The molecule has 0 spiro atoms. The summed E-state index contributed by atoms with van der Waals surface area (Å²) in [7, 11) is 0. The van der Waals surface area contributed by atoms with Crippen LogP contribution in [-0.2, 0) is 26.3 Å². The number of nitrogen functional groups attached to an aromatic ring is 2. The number of benzene rings is 2. The monoisotopic (exact) mass is 716 g/mol. The summed E-state index contributed by atoms with van der Waals surface area (Å²) in [5, 5.41) is 16.6. The molecule has 0 atom stereocenters. The zero-order chi connectivity index (χ0) is 37.0. The van der Waals surface area contributed by atoms with Crippen LogP contribution in [0.4, 0.5) is 11.6 Å². The van der Waals surface area contributed by atoms with Crippen LogP contribution in [0.2, 0.25) is 0 Å². The van der Waals surface area contributed by atoms with Crippen molar-refractivity contribution >= 4 is 11.6 Å². The number of pyridine rings is 4. The molecular formula is C40H36N12O2. The van der Waals surface area contributed by atoms with Gasteiger partial charge in [0.05, 0.1) is 43.1 Å². The molecule has 0 unspecified atom stereocenters. The molecule has 0 saturated carbocycles. The predicted molar refractivity (Wildman–Crippen MR) is 204 cm³/mol. The van der Waals surface area contributed by atoms with Gasteiger partial charge in [-0.15, -0.1) is 10.2 Å². The van der Waals surface area contributed by atoms with Gasteiger partial charge in [0.25, 0.3) is 0 Å². The van der Waals surface area contributed by atoms with Gasteiger partial charge in [-0.3, -0.25) is 9.97 Å². The Labute approximate surface area is 311 Å². The lowest BCUT2D eigenvalue weighted by molar-refractivity contribution is 0.304. The highest BCUT2D eigenvalue weighted by Gasteiger charge is 2.10. The zero-order valence-electron chi connectivity index (χ0n) is 29.1. The highest BCUT2D eigenvalue weighted by atomic mass is 16.5. The van der Waals surface area contributed by atoms with Crippen molar-refractivity contribution in [2.75, 3.05) is 11.5 Å². The Morgan fingerprint density at radius 3 is 1.56 bits per heavy atom. The fraction of sp³-hybridized carbons (Fsp3) is 0.100. The van der Waals surface area contributed by atoms with E-state index in [9.17, 15) is 0 Å². The second kappa shape index (κ2) is 17.2. The van der Waals surface area contributed by atoms with E-state index < -0.39 is 0 Å². The largest absolute Gasteiger partial charge is 0.489 e. The fourth-order valence-electron chi connectivity index (χ4n) is 5.25. The molecule has 6 heterocycles. The highest BCUT2D eigenvalue weighted by Crippen LogP contribution is 2.22. The Morgan fingerprint density at radius 1 is 0.481 bits per heavy atom. The van der Waals surface area contributed by atoms with E-state index in [1.54, 1.807) is 28.0 Å². The van der Waals surface area contributed by atoms with Gasteiger partial charge in [-0.2, -0.15) is 0 Å². The van der Waals surface area contributed by atoms with Crippen LogP contribution in [0.5, 0.6) is 11.5 Å². The summed E-state index contributed by atoms with van der Waals surface area (Å²) >= 11 is 0. The number of nitrogens with two attached hydrogens (primary N) is 2. The normalized spacial score (nSPS) is 10.7. The summed E-state index contributed by atoms with van der Waals surface area (Å²) in [6.45, 7) is 2.02. The number of ether oxygens (including phenoxy) is 2. The summed E-state index contributed by atoms with van der Waals surface area (Å²) in [4.78, 5) is 17.1. The quantitative estimate of drug-likeness (QED) is 0.153. The first-order chi connectivity index (χ1) is 26.6. The summed E-state index contributed by atoms with van der Waals surface area (Å²) in [5.74, 6) is 2.43. The molecular weight excluding hydrogens is 681 g/mol. The number of aromatic nitrogens is 10. The second-order valence-electron chi connectivity index (χ2n) is 12.0. The number of para-hydroxylation sites is 1. The molecule has 0 aliphatic heterocycles. The first kappa shape index (κ1) is 34.9. The van der Waals surface area contributed by atoms with Crippen LogP contribution >= 0.6 is 0 Å². The van der Waals surface area contributed by atoms with Gasteiger partial charge >= 0.3 is 0 Å². The third-order valence-corrected chi connectivity index (χ3v) is 8.03. The topological polar surface area (TPSA) is 183 Å². The lowest BCUT2D eigenvalue weighted by Crippen LogP contribution is -2.03. The molecule has 0 aliphatic rings. The van der Waals surface area contributed by atoms with Gasteiger partial charge in [0.2, 0.25) is 0 Å². The maximum Gasteiger partial charge on any atom is 0.138 e. The van der Waals surface area contributed by atoms with Crippen molar-refractivity contribution in [3.8, 4) is 34.0 Å². The minimum Gasteiger partial charge on any atom is -0.489 e. The van der Waals surface area contributed by atoms with E-state index in [1.165, 1.54) is 0 Å². The highest BCUT2D eigenvalue weighted by molar-refractivity contribution is 5.70. The van der Waals surface area contributed by atoms with Crippen molar-refractivity contribution in [3.63, 3.8) is 0 Å². The molecule has 0 radical (unpaired) electrons. The number of hydrogen-bond acceptors (Lipinski definition) is 12. The van der Waals surface area contributed by atoms with Crippen LogP contribution in [0.1, 0.15) is 22.5 Å². The van der Waals surface area contributed by atoms with E-state index in [0.717, 1.165) is 45.1 Å². The molecule has 8 rings (SSSR count). The Kier molecular flexibility index (Phi) is 11.1. The van der Waals surface area contributed by atoms with E-state index in [2.05, 4.69) is 40.6 Å². The molecule has 8 aromatic rings. The van der Waals surface area contributed by atoms with Gasteiger partial charge in [0, 0.05) is 35.3 Å². The Bertz CT molecular complexity index is 2200. The number of anilines is 2. The van der Waals surface area contributed by atoms with Gasteiger partial charge in [0.1, 0.15) is 47.7 Å². The average Bonchev–Trinajstić information content (AvgIpc) is 3.89. The smallest absolute Gasteiger partial charge is 0.138 e. The first-order valence-corrected chi connectivity index (χ1v) is 17.0. The van der Waals surface area contributed by atoms with E-state index in [-0.39, 0.29) is 0 Å². The lowest BCUT2D eigenvalue weighted by atomic mass is 10.2. The lowest BCUT2D eigenvalue weighted by Gasteiger charge is -2.06. The van der Waals surface area contributed by atoms with Crippen molar-refractivity contribution in [2.24, 2.45) is 0 Å². The van der Waals surface area contributed by atoms with Crippen molar-refractivity contribution in [1.82, 2.24) is 49.9 Å². The molecule has 4 N–H and O–H groups in total. The molecule has 14 heteroatoms. The number of nitrogens with zero attached hydrogens (tertiary/aromatic N) is 10. The van der Waals surface area contributed by atoms with E-state index >= 15 is 0 Å². The van der Waals surface area contributed by atoms with Crippen molar-refractivity contribution < 1.29 is 9.47 Å². The Hall–Kier alpha value is -7.48. The maximum absolute atomic E-state index is 5.89. The SMILES string of the molecule is Nc1ncccc1-c1cn(Cc2ccc(COc3ccccc3)cn2)nn1.Nc1ncccc1-c1cn(Cc2ccc(OCc3ccccc3)cn2)nn1. The van der Waals surface area contributed by atoms with Gasteiger partial charge in [-0.25, -0.2) is 19.3 Å². The van der Waals surface area contributed by atoms with Gasteiger partial charge in [-0.05, 0) is 60.2 Å². The summed E-state index contributed by atoms with van der Waals surface area (Å²) in [6.07, 6.45) is 10.5. The molecule has 2 aromatic carbocycles. The van der Waals surface area contributed by atoms with E-state index in [1.807, 2.05) is 128 Å². The van der Waals surface area contributed by atoms with E-state index in [4.69, 9.17) is 20.9 Å². The number of hydrogen-bond donors (Lipinski definition) is 2. The molecule has 0 amide bonds. The van der Waals surface area contributed by atoms with Gasteiger partial charge in [0.15, 0.2) is 0 Å². The molecule has 268 valence electrons. The third kappa shape index (κ3) is 9.44. The summed E-state index contributed by atoms with van der Waals surface area (Å²) in [5.41, 5.74) is 18.5. The fourth-order valence-corrected chi connectivity index (χ4v) is 5.25. The minimum absolute atomic E-state index is 0.433. The van der Waals surface area contributed by atoms with Crippen molar-refractivity contribution in [3.05, 3.63) is 169 Å². The molecule has 6 aromatic heterocycles. The van der Waals surface area contributed by atoms with Crippen LogP contribution in [0, 0.1) is 0 Å². The second-order valence-corrected chi connectivity index (χ2v) is 12.0. The van der Waals surface area contributed by atoms with Crippen LogP contribution in [-0.4, -0.2) is 49.9 Å². The molecule has 0 bridgehead atoms. The third-order valence-electron chi connectivity index (χ3n) is 8.03. The molecule has 0 aliphatic carbocycles. The van der Waals surface area contributed by atoms with Crippen molar-refractivity contribution in [1.29, 1.82) is 0 Å². The first-order valence-electron chi connectivity index (χ1n) is 17.0. The van der Waals surface area contributed by atoms with Gasteiger partial charge < -0.3 is 20.9 Å². The van der Waals surface area contributed by atoms with Crippen LogP contribution < -0.4 is 20.9 Å². The van der Waals surface area contributed by atoms with Crippen LogP contribution in [0.3, 0.4) is 0 Å². The molecule has 14 nitrogen and oxygen atoms in total. The Balaban J connectivity index is 0.000000167. The zero-order valence-corrected chi connectivity index (χ0v) is 29.1. The minimum atomic E-state index is 0.433. The molecule has 0 saturated heterocycles. The maximum atomic E-state index is 5.89.